The minimum atomic E-state index is -4.73. The summed E-state index contributed by atoms with van der Waals surface area (Å²) >= 11 is 11.9. The number of halogens is 5. The van der Waals surface area contributed by atoms with Gasteiger partial charge in [-0.2, -0.15) is 13.2 Å². The molecule has 2 aromatic rings. The summed E-state index contributed by atoms with van der Waals surface area (Å²) in [7, 11) is -0.884. The molecule has 32 heavy (non-hydrogen) atoms. The fraction of sp³-hybridized carbons (Fsp3) is 0.318. The van der Waals surface area contributed by atoms with Crippen LogP contribution in [0.1, 0.15) is 33.5 Å². The number of carbonyl (C=O) groups is 1. The van der Waals surface area contributed by atoms with Gasteiger partial charge in [0.15, 0.2) is 0 Å². The second-order valence-electron chi connectivity index (χ2n) is 7.89. The Labute approximate surface area is 195 Å². The van der Waals surface area contributed by atoms with Crippen LogP contribution in [0.3, 0.4) is 0 Å². The van der Waals surface area contributed by atoms with Gasteiger partial charge in [0.25, 0.3) is 5.91 Å². The molecule has 10 heteroatoms. The molecule has 1 saturated heterocycles. The molecular formula is C22H18Cl2F3NO3S. The summed E-state index contributed by atoms with van der Waals surface area (Å²) in [5.41, 5.74) is -0.919. The second-order valence-corrected chi connectivity index (χ2v) is 10.3. The molecule has 0 saturated carbocycles. The summed E-state index contributed by atoms with van der Waals surface area (Å²) in [4.78, 5) is 12.5. The third kappa shape index (κ3) is 4.28. The standard InChI is InChI=1S/C22H18Cl2F3NO3S/c1-12-4-13(2-3-19(12)20(29)28-18-10-32(30)11-18)14-8-21(31-9-14,22(25,26)27)15-5-16(23)7-17(24)6-15/h2-7,9,18H,8,10-11H2,1H3,(H,28,29). The smallest absolute Gasteiger partial charge is 0.432 e. The van der Waals surface area contributed by atoms with E-state index in [4.69, 9.17) is 27.9 Å². The first kappa shape index (κ1) is 23.1. The molecule has 2 heterocycles. The normalized spacial score (nSPS) is 25.0. The zero-order valence-electron chi connectivity index (χ0n) is 16.8. The van der Waals surface area contributed by atoms with Crippen molar-refractivity contribution in [3.05, 3.63) is 75.0 Å². The van der Waals surface area contributed by atoms with Crippen molar-refractivity contribution in [2.24, 2.45) is 0 Å². The average Bonchev–Trinajstić information content (AvgIpc) is 3.12. The van der Waals surface area contributed by atoms with Crippen molar-refractivity contribution >= 4 is 45.5 Å². The number of benzene rings is 2. The van der Waals surface area contributed by atoms with Crippen molar-refractivity contribution in [1.29, 1.82) is 0 Å². The summed E-state index contributed by atoms with van der Waals surface area (Å²) < 4.78 is 59.0. The molecule has 2 aromatic carbocycles. The van der Waals surface area contributed by atoms with Crippen LogP contribution in [0.5, 0.6) is 0 Å². The van der Waals surface area contributed by atoms with Crippen LogP contribution in [0.15, 0.2) is 42.7 Å². The van der Waals surface area contributed by atoms with Gasteiger partial charge in [-0.15, -0.1) is 0 Å². The fourth-order valence-corrected chi connectivity index (χ4v) is 5.34. The highest BCUT2D eigenvalue weighted by molar-refractivity contribution is 7.86. The maximum atomic E-state index is 14.2. The van der Waals surface area contributed by atoms with Gasteiger partial charge in [-0.05, 0) is 47.9 Å². The van der Waals surface area contributed by atoms with Crippen LogP contribution in [-0.2, 0) is 21.1 Å². The molecule has 4 nitrogen and oxygen atoms in total. The van der Waals surface area contributed by atoms with E-state index in [-0.39, 0.29) is 27.6 Å². The van der Waals surface area contributed by atoms with Crippen LogP contribution in [0, 0.1) is 6.92 Å². The van der Waals surface area contributed by atoms with Crippen LogP contribution < -0.4 is 5.32 Å². The van der Waals surface area contributed by atoms with Crippen molar-refractivity contribution in [2.45, 2.75) is 31.2 Å². The van der Waals surface area contributed by atoms with E-state index in [9.17, 15) is 22.2 Å². The molecule has 1 atom stereocenters. The molecule has 0 aromatic heterocycles. The highest BCUT2D eigenvalue weighted by Crippen LogP contribution is 2.52. The molecule has 0 radical (unpaired) electrons. The van der Waals surface area contributed by atoms with Gasteiger partial charge in [-0.1, -0.05) is 35.3 Å². The van der Waals surface area contributed by atoms with Crippen molar-refractivity contribution in [2.75, 3.05) is 11.5 Å². The first-order valence-corrected chi connectivity index (χ1v) is 11.9. The number of amides is 1. The Hall–Kier alpha value is -2.03. The average molecular weight is 504 g/mol. The molecule has 1 fully saturated rings. The maximum absolute atomic E-state index is 14.2. The topological polar surface area (TPSA) is 55.4 Å². The number of hydrogen-bond acceptors (Lipinski definition) is 3. The maximum Gasteiger partial charge on any atom is 0.432 e. The van der Waals surface area contributed by atoms with Gasteiger partial charge in [0.05, 0.1) is 12.3 Å². The Kier molecular flexibility index (Phi) is 6.07. The Morgan fingerprint density at radius 1 is 1.16 bits per heavy atom. The van der Waals surface area contributed by atoms with Crippen LogP contribution in [0.2, 0.25) is 10.0 Å². The molecule has 1 amide bonds. The van der Waals surface area contributed by atoms with Gasteiger partial charge >= 0.3 is 6.18 Å². The fourth-order valence-electron chi connectivity index (χ4n) is 3.85. The van der Waals surface area contributed by atoms with E-state index in [1.165, 1.54) is 18.2 Å². The summed E-state index contributed by atoms with van der Waals surface area (Å²) in [5.74, 6) is 0.561. The molecule has 0 aliphatic carbocycles. The van der Waals surface area contributed by atoms with E-state index in [2.05, 4.69) is 5.32 Å². The molecular weight excluding hydrogens is 486 g/mol. The predicted molar refractivity (Wildman–Crippen MR) is 118 cm³/mol. The third-order valence-corrected chi connectivity index (χ3v) is 7.56. The highest BCUT2D eigenvalue weighted by Gasteiger charge is 2.60. The number of nitrogens with one attached hydrogen (secondary N) is 1. The number of ether oxygens (including phenoxy) is 1. The molecule has 0 spiro atoms. The summed E-state index contributed by atoms with van der Waals surface area (Å²) in [6, 6.07) is 8.45. The molecule has 1 unspecified atom stereocenters. The lowest BCUT2D eigenvalue weighted by Crippen LogP contribution is -2.50. The molecule has 2 aliphatic rings. The second kappa shape index (κ2) is 8.39. The predicted octanol–water partition coefficient (Wildman–Crippen LogP) is 5.38. The number of aryl methyl sites for hydroxylation is 1. The van der Waals surface area contributed by atoms with Gasteiger partial charge in [-0.3, -0.25) is 9.00 Å². The molecule has 4 rings (SSSR count). The molecule has 2 aliphatic heterocycles. The first-order valence-electron chi connectivity index (χ1n) is 9.65. The summed E-state index contributed by atoms with van der Waals surface area (Å²) in [6.45, 7) is 1.71. The van der Waals surface area contributed by atoms with Gasteiger partial charge in [0.2, 0.25) is 5.60 Å². The van der Waals surface area contributed by atoms with Crippen molar-refractivity contribution in [3.63, 3.8) is 0 Å². The molecule has 0 bridgehead atoms. The van der Waals surface area contributed by atoms with Crippen LogP contribution >= 0.6 is 23.2 Å². The number of hydrogen-bond donors (Lipinski definition) is 1. The number of rotatable bonds is 4. The summed E-state index contributed by atoms with van der Waals surface area (Å²) in [5, 5.41) is 2.97. The first-order chi connectivity index (χ1) is 15.0. The van der Waals surface area contributed by atoms with Crippen LogP contribution in [0.25, 0.3) is 5.57 Å². The van der Waals surface area contributed by atoms with E-state index < -0.39 is 29.0 Å². The van der Waals surface area contributed by atoms with Gasteiger partial charge in [0, 0.05) is 49.9 Å². The van der Waals surface area contributed by atoms with Crippen molar-refractivity contribution in [3.8, 4) is 0 Å². The monoisotopic (exact) mass is 503 g/mol. The van der Waals surface area contributed by atoms with Crippen molar-refractivity contribution < 1.29 is 26.9 Å². The largest absolute Gasteiger partial charge is 0.480 e. The Balaban J connectivity index is 1.59. The highest BCUT2D eigenvalue weighted by atomic mass is 35.5. The quantitative estimate of drug-likeness (QED) is 0.609. The third-order valence-electron chi connectivity index (χ3n) is 5.58. The van der Waals surface area contributed by atoms with Crippen molar-refractivity contribution in [1.82, 2.24) is 5.32 Å². The SMILES string of the molecule is Cc1cc(C2=COC(c3cc(Cl)cc(Cl)c3)(C(F)(F)F)C2)ccc1C(=O)NC1CS(=O)C1. The van der Waals surface area contributed by atoms with Gasteiger partial charge < -0.3 is 10.1 Å². The molecule has 1 N–H and O–H groups in total. The summed E-state index contributed by atoms with van der Waals surface area (Å²) in [6.07, 6.45) is -4.09. The van der Waals surface area contributed by atoms with Gasteiger partial charge in [-0.25, -0.2) is 0 Å². The van der Waals surface area contributed by atoms with E-state index in [0.717, 1.165) is 6.26 Å². The zero-order chi connectivity index (χ0) is 23.3. The lowest BCUT2D eigenvalue weighted by Gasteiger charge is -2.32. The number of alkyl halides is 3. The van der Waals surface area contributed by atoms with Crippen LogP contribution in [0.4, 0.5) is 13.2 Å². The molecule has 170 valence electrons. The van der Waals surface area contributed by atoms with E-state index in [1.54, 1.807) is 25.1 Å². The van der Waals surface area contributed by atoms with E-state index in [0.29, 0.717) is 33.8 Å². The van der Waals surface area contributed by atoms with Crippen LogP contribution in [-0.4, -0.2) is 33.8 Å². The van der Waals surface area contributed by atoms with E-state index in [1.807, 2.05) is 0 Å². The van der Waals surface area contributed by atoms with E-state index >= 15 is 0 Å². The minimum absolute atomic E-state index is 0.0784. The lowest BCUT2D eigenvalue weighted by molar-refractivity contribution is -0.260. The lowest BCUT2D eigenvalue weighted by atomic mass is 9.85. The Bertz CT molecular complexity index is 1120. The minimum Gasteiger partial charge on any atom is -0.480 e. The zero-order valence-corrected chi connectivity index (χ0v) is 19.1. The number of carbonyl (C=O) groups excluding carboxylic acids is 1. The Morgan fingerprint density at radius 3 is 2.38 bits per heavy atom. The Morgan fingerprint density at radius 2 is 1.81 bits per heavy atom. The van der Waals surface area contributed by atoms with Gasteiger partial charge in [0.1, 0.15) is 0 Å².